The van der Waals surface area contributed by atoms with Gasteiger partial charge in [0.15, 0.2) is 5.43 Å². The van der Waals surface area contributed by atoms with Crippen molar-refractivity contribution in [3.05, 3.63) is 111 Å². The molecule has 0 radical (unpaired) electrons. The summed E-state index contributed by atoms with van der Waals surface area (Å²) in [4.78, 5) is 25.0. The van der Waals surface area contributed by atoms with E-state index in [0.29, 0.717) is 51.1 Å². The zero-order valence-corrected chi connectivity index (χ0v) is 20.5. The molecule has 0 spiro atoms. The first-order chi connectivity index (χ1) is 17.4. The van der Waals surface area contributed by atoms with E-state index in [9.17, 15) is 9.59 Å². The van der Waals surface area contributed by atoms with Crippen LogP contribution in [0.4, 0.5) is 5.69 Å². The lowest BCUT2D eigenvalue weighted by Crippen LogP contribution is -2.12. The number of aromatic nitrogens is 3. The highest BCUT2D eigenvalue weighted by Crippen LogP contribution is 2.24. The molecule has 7 nitrogen and oxygen atoms in total. The Morgan fingerprint density at radius 1 is 0.944 bits per heavy atom. The molecule has 5 rings (SSSR count). The number of hydrogen-bond acceptors (Lipinski definition) is 5. The number of benzene rings is 3. The molecule has 180 valence electrons. The van der Waals surface area contributed by atoms with Crippen molar-refractivity contribution in [1.29, 1.82) is 0 Å². The summed E-state index contributed by atoms with van der Waals surface area (Å²) in [6, 6.07) is 21.0. The second kappa shape index (κ2) is 10.4. The maximum absolute atomic E-state index is 12.8. The van der Waals surface area contributed by atoms with E-state index in [-0.39, 0.29) is 17.8 Å². The molecule has 3 aromatic carbocycles. The van der Waals surface area contributed by atoms with Gasteiger partial charge in [-0.2, -0.15) is 0 Å². The third-order valence-electron chi connectivity index (χ3n) is 5.59. The lowest BCUT2D eigenvalue weighted by molar-refractivity contribution is -0.116. The number of fused-ring (bicyclic) bond motifs is 1. The Labute approximate surface area is 216 Å². The van der Waals surface area contributed by atoms with Crippen LogP contribution in [0.2, 0.25) is 10.0 Å². The third kappa shape index (κ3) is 5.64. The molecule has 2 aromatic heterocycles. The molecular weight excluding hydrogens is 499 g/mol. The van der Waals surface area contributed by atoms with Crippen LogP contribution < -0.4 is 10.7 Å². The van der Waals surface area contributed by atoms with Gasteiger partial charge in [-0.1, -0.05) is 34.5 Å². The molecule has 0 unspecified atom stereocenters. The zero-order chi connectivity index (χ0) is 25.1. The Hall–Kier alpha value is -3.94. The number of nitrogens with zero attached hydrogens (tertiary/aromatic N) is 3. The molecule has 0 saturated carbocycles. The van der Waals surface area contributed by atoms with Gasteiger partial charge in [0.2, 0.25) is 5.91 Å². The van der Waals surface area contributed by atoms with Gasteiger partial charge in [0.05, 0.1) is 17.6 Å². The minimum absolute atomic E-state index is 0.119. The van der Waals surface area contributed by atoms with Crippen molar-refractivity contribution < 1.29 is 9.21 Å². The molecule has 0 saturated heterocycles. The maximum atomic E-state index is 12.8. The number of nitrogens with one attached hydrogen (secondary N) is 1. The summed E-state index contributed by atoms with van der Waals surface area (Å²) >= 11 is 11.8. The van der Waals surface area contributed by atoms with Gasteiger partial charge in [-0.15, -0.1) is 5.10 Å². The number of halogens is 2. The van der Waals surface area contributed by atoms with Crippen LogP contribution in [-0.2, 0) is 17.8 Å². The first kappa shape index (κ1) is 23.8. The van der Waals surface area contributed by atoms with Gasteiger partial charge in [-0.05, 0) is 66.2 Å². The molecule has 36 heavy (non-hydrogen) atoms. The average molecular weight is 519 g/mol. The molecule has 1 N–H and O–H groups in total. The summed E-state index contributed by atoms with van der Waals surface area (Å²) in [6.07, 6.45) is 2.52. The Morgan fingerprint density at radius 3 is 2.42 bits per heavy atom. The Kier molecular flexibility index (Phi) is 6.84. The van der Waals surface area contributed by atoms with Crippen molar-refractivity contribution in [2.75, 3.05) is 5.32 Å². The number of hydrogen-bond donors (Lipinski definition) is 1. The van der Waals surface area contributed by atoms with Crippen molar-refractivity contribution in [3.63, 3.8) is 0 Å². The van der Waals surface area contributed by atoms with Crippen molar-refractivity contribution in [2.24, 2.45) is 0 Å². The van der Waals surface area contributed by atoms with Crippen molar-refractivity contribution in [3.8, 4) is 11.3 Å². The lowest BCUT2D eigenvalue weighted by Gasteiger charge is -2.06. The fourth-order valence-corrected chi connectivity index (χ4v) is 4.03. The van der Waals surface area contributed by atoms with Gasteiger partial charge in [0.25, 0.3) is 0 Å². The minimum Gasteiger partial charge on any atom is -0.456 e. The lowest BCUT2D eigenvalue weighted by atomic mass is 10.1. The van der Waals surface area contributed by atoms with Crippen molar-refractivity contribution >= 4 is 45.8 Å². The van der Waals surface area contributed by atoms with Gasteiger partial charge >= 0.3 is 0 Å². The predicted octanol–water partition coefficient (Wildman–Crippen LogP) is 5.98. The van der Waals surface area contributed by atoms with E-state index >= 15 is 0 Å². The minimum atomic E-state index is -0.131. The summed E-state index contributed by atoms with van der Waals surface area (Å²) in [5, 5.41) is 12.9. The number of rotatable bonds is 7. The molecule has 0 aliphatic carbocycles. The van der Waals surface area contributed by atoms with E-state index in [1.807, 2.05) is 18.2 Å². The van der Waals surface area contributed by atoms with Gasteiger partial charge < -0.3 is 9.73 Å². The first-order valence-electron chi connectivity index (χ1n) is 11.2. The number of amides is 1. The topological polar surface area (TPSA) is 90.0 Å². The number of aryl methyl sites for hydroxylation is 1. The molecule has 0 bridgehead atoms. The summed E-state index contributed by atoms with van der Waals surface area (Å²) in [5.74, 6) is 0.365. The zero-order valence-electron chi connectivity index (χ0n) is 18.9. The van der Waals surface area contributed by atoms with E-state index in [0.717, 1.165) is 11.1 Å². The molecule has 5 aromatic rings. The largest absolute Gasteiger partial charge is 0.456 e. The second-order valence-corrected chi connectivity index (χ2v) is 9.15. The number of carbonyl (C=O) groups excluding carboxylic acids is 1. The molecular formula is C27H20Cl2N4O3. The maximum Gasteiger partial charge on any atom is 0.224 e. The van der Waals surface area contributed by atoms with Crippen molar-refractivity contribution in [2.45, 2.75) is 19.4 Å². The Bertz CT molecular complexity index is 1590. The van der Waals surface area contributed by atoms with E-state index < -0.39 is 0 Å². The highest BCUT2D eigenvalue weighted by molar-refractivity contribution is 6.30. The van der Waals surface area contributed by atoms with Gasteiger partial charge in [0, 0.05) is 46.4 Å². The van der Waals surface area contributed by atoms with Crippen LogP contribution in [0, 0.1) is 0 Å². The monoisotopic (exact) mass is 518 g/mol. The van der Waals surface area contributed by atoms with Crippen LogP contribution in [0.15, 0.2) is 88.2 Å². The molecule has 9 heteroatoms. The summed E-state index contributed by atoms with van der Waals surface area (Å²) in [5.41, 5.74) is 3.42. The Balaban J connectivity index is 1.24. The molecule has 1 amide bonds. The molecule has 0 fully saturated rings. The summed E-state index contributed by atoms with van der Waals surface area (Å²) < 4.78 is 7.64. The number of carbonyl (C=O) groups is 1. The molecule has 0 aliphatic rings. The third-order valence-corrected chi connectivity index (χ3v) is 6.09. The summed E-state index contributed by atoms with van der Waals surface area (Å²) in [7, 11) is 0. The van der Waals surface area contributed by atoms with E-state index in [1.165, 1.54) is 6.07 Å². The van der Waals surface area contributed by atoms with Crippen LogP contribution in [0.5, 0.6) is 0 Å². The average Bonchev–Trinajstić information content (AvgIpc) is 3.32. The van der Waals surface area contributed by atoms with E-state index in [2.05, 4.69) is 15.6 Å². The smallest absolute Gasteiger partial charge is 0.224 e. The second-order valence-electron chi connectivity index (χ2n) is 8.27. The number of anilines is 1. The van der Waals surface area contributed by atoms with Crippen molar-refractivity contribution in [1.82, 2.24) is 15.0 Å². The normalized spacial score (nSPS) is 11.1. The fourth-order valence-electron chi connectivity index (χ4n) is 3.77. The van der Waals surface area contributed by atoms with Crippen LogP contribution in [-0.4, -0.2) is 20.9 Å². The fraction of sp³-hybridized carbons (Fsp3) is 0.111. The predicted molar refractivity (Wildman–Crippen MR) is 140 cm³/mol. The first-order valence-corrected chi connectivity index (χ1v) is 12.0. The van der Waals surface area contributed by atoms with Gasteiger partial charge in [-0.3, -0.25) is 9.59 Å². The van der Waals surface area contributed by atoms with Crippen LogP contribution >= 0.6 is 23.2 Å². The van der Waals surface area contributed by atoms with Crippen LogP contribution in [0.1, 0.15) is 17.7 Å². The van der Waals surface area contributed by atoms with Crippen LogP contribution in [0.3, 0.4) is 0 Å². The van der Waals surface area contributed by atoms with E-state index in [4.69, 9.17) is 27.6 Å². The molecule has 0 aliphatic heterocycles. The van der Waals surface area contributed by atoms with Gasteiger partial charge in [0.1, 0.15) is 11.3 Å². The van der Waals surface area contributed by atoms with Crippen LogP contribution in [0.25, 0.3) is 22.3 Å². The van der Waals surface area contributed by atoms with Gasteiger partial charge in [-0.25, -0.2) is 4.68 Å². The van der Waals surface area contributed by atoms with E-state index in [1.54, 1.807) is 59.4 Å². The molecule has 0 atom stereocenters. The standard InChI is InChI=1S/C27H20Cl2N4O3/c28-19-4-2-18(3-5-19)26-14-24(34)23-13-17(1-11-25(23)36-26)15-33-16-22(31-32-33)10-12-27(35)30-21-8-6-20(29)7-9-21/h1-9,11,13-14,16H,10,12,15H2,(H,30,35). The molecule has 2 heterocycles. The highest BCUT2D eigenvalue weighted by Gasteiger charge is 2.10. The highest BCUT2D eigenvalue weighted by atomic mass is 35.5. The SMILES string of the molecule is O=C(CCc1cn(Cc2ccc3oc(-c4ccc(Cl)cc4)cc(=O)c3c2)nn1)Nc1ccc(Cl)cc1. The summed E-state index contributed by atoms with van der Waals surface area (Å²) in [6.45, 7) is 0.429. The quantitative estimate of drug-likeness (QED) is 0.286. The Morgan fingerprint density at radius 2 is 1.67 bits per heavy atom.